The second-order valence-electron chi connectivity index (χ2n) is 7.05. The van der Waals surface area contributed by atoms with Gasteiger partial charge in [0.15, 0.2) is 6.10 Å². The lowest BCUT2D eigenvalue weighted by atomic mass is 9.95. The van der Waals surface area contributed by atoms with Crippen molar-refractivity contribution in [3.05, 3.63) is 29.3 Å². The molecule has 1 aromatic carbocycles. The topological polar surface area (TPSA) is 38.3 Å². The molecule has 0 radical (unpaired) electrons. The lowest BCUT2D eigenvalue weighted by Gasteiger charge is -2.25. The van der Waals surface area contributed by atoms with Crippen LogP contribution in [0, 0.1) is 25.7 Å². The summed E-state index contributed by atoms with van der Waals surface area (Å²) in [5.74, 6) is 2.39. The summed E-state index contributed by atoms with van der Waals surface area (Å²) < 4.78 is 5.94. The highest BCUT2D eigenvalue weighted by Gasteiger charge is 2.40. The van der Waals surface area contributed by atoms with Gasteiger partial charge in [-0.3, -0.25) is 4.79 Å². The molecule has 3 heteroatoms. The van der Waals surface area contributed by atoms with E-state index in [1.54, 1.807) is 0 Å². The number of benzene rings is 1. The summed E-state index contributed by atoms with van der Waals surface area (Å²) >= 11 is 0. The third-order valence-electron chi connectivity index (χ3n) is 5.49. The fourth-order valence-electron chi connectivity index (χ4n) is 3.97. The van der Waals surface area contributed by atoms with Gasteiger partial charge in [0.05, 0.1) is 0 Å². The lowest BCUT2D eigenvalue weighted by molar-refractivity contribution is -0.129. The fraction of sp³-hybridized carbons (Fsp3) is 0.632. The van der Waals surface area contributed by atoms with E-state index in [4.69, 9.17) is 4.74 Å². The first-order chi connectivity index (χ1) is 10.6. The molecule has 1 N–H and O–H groups in total. The Bertz CT molecular complexity index is 554. The molecular weight excluding hydrogens is 274 g/mol. The number of rotatable bonds is 5. The number of carbonyl (C=O) groups excluding carboxylic acids is 1. The number of nitrogens with one attached hydrogen (secondary N) is 1. The molecular formula is C19H27NO2. The van der Waals surface area contributed by atoms with Crippen LogP contribution in [0.3, 0.4) is 0 Å². The zero-order valence-electron chi connectivity index (χ0n) is 13.9. The Balaban J connectivity index is 1.60. The van der Waals surface area contributed by atoms with Crippen LogP contribution in [0.15, 0.2) is 18.2 Å². The van der Waals surface area contributed by atoms with E-state index in [1.165, 1.54) is 30.4 Å². The highest BCUT2D eigenvalue weighted by molar-refractivity contribution is 5.81. The molecule has 0 aromatic heterocycles. The Morgan fingerprint density at radius 3 is 2.68 bits per heavy atom. The maximum Gasteiger partial charge on any atom is 0.261 e. The molecule has 1 aromatic rings. The van der Waals surface area contributed by atoms with Crippen molar-refractivity contribution < 1.29 is 9.53 Å². The Morgan fingerprint density at radius 1 is 1.27 bits per heavy atom. The van der Waals surface area contributed by atoms with Crippen molar-refractivity contribution >= 4 is 5.91 Å². The van der Waals surface area contributed by atoms with E-state index in [0.717, 1.165) is 18.1 Å². The van der Waals surface area contributed by atoms with Crippen LogP contribution in [0.1, 0.15) is 50.2 Å². The first-order valence-corrected chi connectivity index (χ1v) is 8.61. The van der Waals surface area contributed by atoms with Gasteiger partial charge < -0.3 is 10.1 Å². The molecule has 2 aliphatic rings. The van der Waals surface area contributed by atoms with Gasteiger partial charge in [0.25, 0.3) is 5.91 Å². The Kier molecular flexibility index (Phi) is 4.42. The van der Waals surface area contributed by atoms with Gasteiger partial charge in [-0.2, -0.15) is 0 Å². The quantitative estimate of drug-likeness (QED) is 0.899. The normalized spacial score (nSPS) is 27.7. The van der Waals surface area contributed by atoms with Gasteiger partial charge in [-0.05, 0) is 74.6 Å². The van der Waals surface area contributed by atoms with Gasteiger partial charge in [0.1, 0.15) is 5.75 Å². The fourth-order valence-corrected chi connectivity index (χ4v) is 3.97. The van der Waals surface area contributed by atoms with E-state index in [-0.39, 0.29) is 12.0 Å². The zero-order valence-corrected chi connectivity index (χ0v) is 13.9. The molecule has 3 nitrogen and oxygen atoms in total. The van der Waals surface area contributed by atoms with Gasteiger partial charge in [0.2, 0.25) is 0 Å². The van der Waals surface area contributed by atoms with Crippen molar-refractivity contribution in [2.45, 2.75) is 65.0 Å². The average molecular weight is 301 g/mol. The molecule has 22 heavy (non-hydrogen) atoms. The van der Waals surface area contributed by atoms with Crippen LogP contribution >= 0.6 is 0 Å². The van der Waals surface area contributed by atoms with Gasteiger partial charge in [0, 0.05) is 6.04 Å². The molecule has 2 saturated carbocycles. The molecule has 0 saturated heterocycles. The number of aryl methyl sites for hydroxylation is 2. The molecule has 2 fully saturated rings. The summed E-state index contributed by atoms with van der Waals surface area (Å²) in [5.41, 5.74) is 2.44. The van der Waals surface area contributed by atoms with Gasteiger partial charge in [-0.15, -0.1) is 0 Å². The molecule has 0 heterocycles. The first-order valence-electron chi connectivity index (χ1n) is 8.61. The molecule has 0 aliphatic heterocycles. The van der Waals surface area contributed by atoms with Crippen molar-refractivity contribution in [3.63, 3.8) is 0 Å². The SMILES string of the molecule is CC[C@@H](Oc1ccc(C)c(C)c1)C(=O)N[C@H]1C[C@@H]2CC[C@@H]1C2. The summed E-state index contributed by atoms with van der Waals surface area (Å²) in [6.07, 6.45) is 5.41. The van der Waals surface area contributed by atoms with E-state index in [0.29, 0.717) is 18.4 Å². The molecule has 2 bridgehead atoms. The van der Waals surface area contributed by atoms with Crippen LogP contribution in [-0.4, -0.2) is 18.1 Å². The highest BCUT2D eigenvalue weighted by atomic mass is 16.5. The summed E-state index contributed by atoms with van der Waals surface area (Å²) in [4.78, 5) is 12.5. The Hall–Kier alpha value is -1.51. The van der Waals surface area contributed by atoms with E-state index in [1.807, 2.05) is 25.1 Å². The van der Waals surface area contributed by atoms with Crippen LogP contribution in [0.4, 0.5) is 0 Å². The van der Waals surface area contributed by atoms with Gasteiger partial charge in [-0.1, -0.05) is 19.4 Å². The molecule has 3 rings (SSSR count). The van der Waals surface area contributed by atoms with E-state index in [2.05, 4.69) is 19.2 Å². The summed E-state index contributed by atoms with van der Waals surface area (Å²) in [6, 6.07) is 6.40. The van der Waals surface area contributed by atoms with Gasteiger partial charge >= 0.3 is 0 Å². The number of fused-ring (bicyclic) bond motifs is 2. The maximum atomic E-state index is 12.5. The Morgan fingerprint density at radius 2 is 2.09 bits per heavy atom. The maximum absolute atomic E-state index is 12.5. The molecule has 1 amide bonds. The molecule has 2 aliphatic carbocycles. The molecule has 120 valence electrons. The van der Waals surface area contributed by atoms with Crippen molar-refractivity contribution in [2.24, 2.45) is 11.8 Å². The van der Waals surface area contributed by atoms with Crippen molar-refractivity contribution in [1.82, 2.24) is 5.32 Å². The monoisotopic (exact) mass is 301 g/mol. The standard InChI is InChI=1S/C19H27NO2/c1-4-18(22-16-8-5-12(2)13(3)9-16)19(21)20-17-11-14-6-7-15(17)10-14/h5,8-9,14-15,17-18H,4,6-7,10-11H2,1-3H3,(H,20,21)/t14-,15-,17+,18-/m1/s1. The minimum atomic E-state index is -0.388. The van der Waals surface area contributed by atoms with Crippen LogP contribution in [0.5, 0.6) is 5.75 Å². The van der Waals surface area contributed by atoms with E-state index in [9.17, 15) is 4.79 Å². The molecule has 0 spiro atoms. The van der Waals surface area contributed by atoms with E-state index < -0.39 is 0 Å². The molecule has 4 atom stereocenters. The minimum absolute atomic E-state index is 0.0540. The third kappa shape index (κ3) is 3.13. The largest absolute Gasteiger partial charge is 0.481 e. The summed E-state index contributed by atoms with van der Waals surface area (Å²) in [6.45, 7) is 6.16. The number of amides is 1. The zero-order chi connectivity index (χ0) is 15.7. The number of hydrogen-bond acceptors (Lipinski definition) is 2. The van der Waals surface area contributed by atoms with Crippen LogP contribution in [0.2, 0.25) is 0 Å². The molecule has 0 unspecified atom stereocenters. The van der Waals surface area contributed by atoms with Crippen molar-refractivity contribution in [1.29, 1.82) is 0 Å². The second kappa shape index (κ2) is 6.31. The van der Waals surface area contributed by atoms with Crippen LogP contribution in [0.25, 0.3) is 0 Å². The minimum Gasteiger partial charge on any atom is -0.481 e. The second-order valence-corrected chi connectivity index (χ2v) is 7.05. The van der Waals surface area contributed by atoms with Crippen molar-refractivity contribution in [2.75, 3.05) is 0 Å². The van der Waals surface area contributed by atoms with Gasteiger partial charge in [-0.25, -0.2) is 0 Å². The van der Waals surface area contributed by atoms with Crippen molar-refractivity contribution in [3.8, 4) is 5.75 Å². The summed E-state index contributed by atoms with van der Waals surface area (Å²) in [5, 5.41) is 3.24. The predicted molar refractivity (Wildman–Crippen MR) is 88.0 cm³/mol. The lowest BCUT2D eigenvalue weighted by Crippen LogP contribution is -2.45. The van der Waals surface area contributed by atoms with E-state index >= 15 is 0 Å². The third-order valence-corrected chi connectivity index (χ3v) is 5.49. The average Bonchev–Trinajstić information content (AvgIpc) is 3.10. The van der Waals surface area contributed by atoms with Crippen LogP contribution < -0.4 is 10.1 Å². The number of hydrogen-bond donors (Lipinski definition) is 1. The number of ether oxygens (including phenoxy) is 1. The smallest absolute Gasteiger partial charge is 0.261 e. The summed E-state index contributed by atoms with van der Waals surface area (Å²) in [7, 11) is 0. The predicted octanol–water partition coefficient (Wildman–Crippen LogP) is 3.77. The first kappa shape index (κ1) is 15.4. The number of carbonyl (C=O) groups is 1. The highest BCUT2D eigenvalue weighted by Crippen LogP contribution is 2.44. The Labute approximate surface area is 133 Å². The van der Waals surface area contributed by atoms with Crippen LogP contribution in [-0.2, 0) is 4.79 Å².